The molecule has 2 aromatic rings. The Kier molecular flexibility index (Phi) is 7.56. The van der Waals surface area contributed by atoms with Gasteiger partial charge < -0.3 is 10.2 Å². The van der Waals surface area contributed by atoms with Crippen LogP contribution in [0.2, 0.25) is 5.02 Å². The zero-order valence-electron chi connectivity index (χ0n) is 15.4. The predicted molar refractivity (Wildman–Crippen MR) is 113 cm³/mol. The van der Waals surface area contributed by atoms with E-state index in [2.05, 4.69) is 21.2 Å². The molecular weight excluding hydrogens is 470 g/mol. The van der Waals surface area contributed by atoms with E-state index < -0.39 is 16.9 Å². The van der Waals surface area contributed by atoms with Gasteiger partial charge in [0.2, 0.25) is 5.91 Å². The summed E-state index contributed by atoms with van der Waals surface area (Å²) in [5.74, 6) is -0.948. The molecule has 1 atom stereocenters. The van der Waals surface area contributed by atoms with Gasteiger partial charge in [-0.2, -0.15) is 0 Å². The van der Waals surface area contributed by atoms with Crippen molar-refractivity contribution >= 4 is 56.4 Å². The summed E-state index contributed by atoms with van der Waals surface area (Å²) >= 11 is 10.9. The fourth-order valence-corrected chi connectivity index (χ4v) is 4.32. The van der Waals surface area contributed by atoms with E-state index >= 15 is 0 Å². The number of carbonyl (C=O) groups excluding carboxylic acids is 2. The predicted octanol–water partition coefficient (Wildman–Crippen LogP) is 4.49. The molecule has 0 aliphatic carbocycles. The Morgan fingerprint density at radius 3 is 2.50 bits per heavy atom. The maximum absolute atomic E-state index is 12.9. The number of nitro groups is 1. The van der Waals surface area contributed by atoms with Gasteiger partial charge in [0.1, 0.15) is 6.04 Å². The third kappa shape index (κ3) is 5.52. The van der Waals surface area contributed by atoms with Gasteiger partial charge in [0.05, 0.1) is 25.8 Å². The number of nitro benzene ring substituents is 1. The van der Waals surface area contributed by atoms with Crippen LogP contribution >= 0.6 is 38.9 Å². The maximum atomic E-state index is 12.9. The summed E-state index contributed by atoms with van der Waals surface area (Å²) in [5.41, 5.74) is -0.129. The van der Waals surface area contributed by atoms with Gasteiger partial charge in [-0.1, -0.05) is 25.4 Å². The summed E-state index contributed by atoms with van der Waals surface area (Å²) < 4.78 is 0.977. The lowest BCUT2D eigenvalue weighted by molar-refractivity contribution is -0.384. The fraction of sp³-hybridized carbons (Fsp3) is 0.333. The number of nitrogens with zero attached hydrogens (tertiary/aromatic N) is 2. The van der Waals surface area contributed by atoms with E-state index in [-0.39, 0.29) is 28.1 Å². The van der Waals surface area contributed by atoms with Gasteiger partial charge in [-0.15, -0.1) is 11.3 Å². The fourth-order valence-electron chi connectivity index (χ4n) is 2.52. The van der Waals surface area contributed by atoms with Crippen LogP contribution in [-0.4, -0.2) is 34.7 Å². The van der Waals surface area contributed by atoms with Gasteiger partial charge in [0.15, 0.2) is 0 Å². The number of hydrogen-bond acceptors (Lipinski definition) is 5. The average molecular weight is 489 g/mol. The second kappa shape index (κ2) is 9.49. The first-order valence-corrected chi connectivity index (χ1v) is 10.3. The maximum Gasteiger partial charge on any atom is 0.270 e. The van der Waals surface area contributed by atoms with E-state index in [4.69, 9.17) is 11.6 Å². The zero-order valence-corrected chi connectivity index (χ0v) is 18.6. The topological polar surface area (TPSA) is 92.5 Å². The van der Waals surface area contributed by atoms with Gasteiger partial charge >= 0.3 is 0 Å². The number of carbonyl (C=O) groups is 2. The van der Waals surface area contributed by atoms with Crippen molar-refractivity contribution in [2.45, 2.75) is 26.4 Å². The highest BCUT2D eigenvalue weighted by Crippen LogP contribution is 2.24. The molecule has 1 N–H and O–H groups in total. The second-order valence-electron chi connectivity index (χ2n) is 6.52. The van der Waals surface area contributed by atoms with Crippen LogP contribution in [0.25, 0.3) is 0 Å². The molecule has 0 bridgehead atoms. The van der Waals surface area contributed by atoms with E-state index in [9.17, 15) is 19.7 Å². The molecule has 0 aliphatic heterocycles. The molecule has 0 unspecified atom stereocenters. The third-order valence-corrected chi connectivity index (χ3v) is 5.95. The Morgan fingerprint density at radius 2 is 2.00 bits per heavy atom. The largest absolute Gasteiger partial charge is 0.340 e. The van der Waals surface area contributed by atoms with E-state index in [1.807, 2.05) is 26.0 Å². The van der Waals surface area contributed by atoms with Crippen LogP contribution in [-0.2, 0) is 11.3 Å². The minimum Gasteiger partial charge on any atom is -0.340 e. The van der Waals surface area contributed by atoms with Crippen molar-refractivity contribution < 1.29 is 14.5 Å². The summed E-state index contributed by atoms with van der Waals surface area (Å²) in [5, 5.41) is 13.5. The van der Waals surface area contributed by atoms with E-state index in [1.165, 1.54) is 23.5 Å². The number of non-ortho nitro benzene ring substituents is 1. The summed E-state index contributed by atoms with van der Waals surface area (Å²) in [4.78, 5) is 38.3. The molecule has 7 nitrogen and oxygen atoms in total. The van der Waals surface area contributed by atoms with Crippen LogP contribution in [0, 0.1) is 16.0 Å². The molecule has 0 spiro atoms. The number of hydrogen-bond donors (Lipinski definition) is 1. The Balaban J connectivity index is 2.14. The first kappa shape index (κ1) is 22.3. The molecule has 0 saturated heterocycles. The summed E-state index contributed by atoms with van der Waals surface area (Å²) in [6, 6.07) is 6.68. The van der Waals surface area contributed by atoms with E-state index in [0.29, 0.717) is 6.54 Å². The van der Waals surface area contributed by atoms with Crippen molar-refractivity contribution in [1.82, 2.24) is 10.2 Å². The Labute approximate surface area is 180 Å². The molecule has 150 valence electrons. The van der Waals surface area contributed by atoms with Gasteiger partial charge in [-0.3, -0.25) is 19.7 Å². The number of likely N-dealkylation sites (N-methyl/N-ethyl adjacent to an activating group) is 1. The number of thiophene rings is 1. The molecule has 10 heteroatoms. The van der Waals surface area contributed by atoms with Crippen LogP contribution in [0.5, 0.6) is 0 Å². The van der Waals surface area contributed by atoms with Gasteiger partial charge in [-0.25, -0.2) is 0 Å². The van der Waals surface area contributed by atoms with E-state index in [0.717, 1.165) is 14.7 Å². The lowest BCUT2D eigenvalue weighted by Gasteiger charge is -2.27. The highest BCUT2D eigenvalue weighted by molar-refractivity contribution is 9.11. The Hall–Kier alpha value is -1.97. The van der Waals surface area contributed by atoms with Crippen molar-refractivity contribution in [3.8, 4) is 0 Å². The average Bonchev–Trinajstić information content (AvgIpc) is 3.03. The molecule has 2 amide bonds. The van der Waals surface area contributed by atoms with Crippen LogP contribution < -0.4 is 5.32 Å². The van der Waals surface area contributed by atoms with Crippen molar-refractivity contribution in [2.24, 2.45) is 5.92 Å². The summed E-state index contributed by atoms with van der Waals surface area (Å²) in [6.07, 6.45) is 0. The molecule has 1 aromatic carbocycles. The smallest absolute Gasteiger partial charge is 0.270 e. The van der Waals surface area contributed by atoms with Crippen LogP contribution in [0.3, 0.4) is 0 Å². The molecule has 0 aliphatic rings. The highest BCUT2D eigenvalue weighted by Gasteiger charge is 2.28. The molecule has 2 rings (SSSR count). The molecule has 0 saturated carbocycles. The minimum atomic E-state index is -0.757. The van der Waals surface area contributed by atoms with Crippen LogP contribution in [0.15, 0.2) is 34.1 Å². The Morgan fingerprint density at radius 1 is 1.32 bits per heavy atom. The summed E-state index contributed by atoms with van der Waals surface area (Å²) in [6.45, 7) is 4.08. The first-order chi connectivity index (χ1) is 13.1. The van der Waals surface area contributed by atoms with Crippen molar-refractivity contribution in [3.05, 3.63) is 59.7 Å². The summed E-state index contributed by atoms with van der Waals surface area (Å²) in [7, 11) is 1.68. The van der Waals surface area contributed by atoms with Gasteiger partial charge in [0, 0.05) is 24.1 Å². The van der Waals surface area contributed by atoms with Crippen molar-refractivity contribution in [3.63, 3.8) is 0 Å². The monoisotopic (exact) mass is 487 g/mol. The molecule has 1 heterocycles. The number of amides is 2. The van der Waals surface area contributed by atoms with Gasteiger partial charge in [-0.05, 0) is 40.0 Å². The highest BCUT2D eigenvalue weighted by atomic mass is 79.9. The number of nitrogens with one attached hydrogen (secondary N) is 1. The third-order valence-electron chi connectivity index (χ3n) is 4.03. The normalized spacial score (nSPS) is 11.9. The molecule has 0 fully saturated rings. The second-order valence-corrected chi connectivity index (χ2v) is 9.47. The van der Waals surface area contributed by atoms with Crippen molar-refractivity contribution in [1.29, 1.82) is 0 Å². The molecule has 0 radical (unpaired) electrons. The van der Waals surface area contributed by atoms with Crippen LogP contribution in [0.4, 0.5) is 5.69 Å². The zero-order chi connectivity index (χ0) is 21.0. The molecule has 28 heavy (non-hydrogen) atoms. The molecular formula is C18H19BrClN3O4S. The lowest BCUT2D eigenvalue weighted by Crippen LogP contribution is -2.50. The quantitative estimate of drug-likeness (QED) is 0.459. The number of benzene rings is 1. The standard InChI is InChI=1S/C18H19BrClN3O4S/c1-10(2)16(18(25)22(3)9-12-5-7-15(19)28-12)21-17(24)13-6-4-11(23(26)27)8-14(13)20/h4-8,10,16H,9H2,1-3H3,(H,21,24)/t16-/m0/s1. The lowest BCUT2D eigenvalue weighted by atomic mass is 10.0. The SMILES string of the molecule is CC(C)[C@H](NC(=O)c1ccc([N+](=O)[O-])cc1Cl)C(=O)N(C)Cc1ccc(Br)s1. The Bertz CT molecular complexity index is 903. The minimum absolute atomic E-state index is 0.0431. The number of rotatable bonds is 7. The molecule has 1 aromatic heterocycles. The van der Waals surface area contributed by atoms with Crippen molar-refractivity contribution in [2.75, 3.05) is 7.05 Å². The van der Waals surface area contributed by atoms with E-state index in [1.54, 1.807) is 11.9 Å². The van der Waals surface area contributed by atoms with Crippen LogP contribution in [0.1, 0.15) is 29.1 Å². The first-order valence-electron chi connectivity index (χ1n) is 8.34. The van der Waals surface area contributed by atoms with Gasteiger partial charge in [0.25, 0.3) is 11.6 Å². The number of halogens is 2.